The molecule has 0 aliphatic carbocycles. The molecule has 8 heteroatoms. The highest BCUT2D eigenvalue weighted by Gasteiger charge is 2.25. The number of carbonyl (C=O) groups is 1. The lowest BCUT2D eigenvalue weighted by atomic mass is 9.91. The SMILES string of the molecule is CC1CCc2nc(CCc3ccc(S(=O)(=O)CCC4CCN(C)CC4)cc3)ncc2N(C)C(=O)c2ccccc21. The Hall–Kier alpha value is -3.10. The van der Waals surface area contributed by atoms with Crippen LogP contribution in [0.1, 0.15) is 71.5 Å². The van der Waals surface area contributed by atoms with Gasteiger partial charge in [-0.3, -0.25) is 4.79 Å². The summed E-state index contributed by atoms with van der Waals surface area (Å²) in [4.78, 5) is 27.2. The number of sulfone groups is 1. The lowest BCUT2D eigenvalue weighted by molar-refractivity contribution is 0.0991. The Morgan fingerprint density at radius 1 is 0.950 bits per heavy atom. The number of piperidine rings is 1. The quantitative estimate of drug-likeness (QED) is 0.400. The highest BCUT2D eigenvalue weighted by atomic mass is 32.2. The summed E-state index contributed by atoms with van der Waals surface area (Å²) in [6, 6.07) is 15.1. The van der Waals surface area contributed by atoms with E-state index in [-0.39, 0.29) is 17.6 Å². The van der Waals surface area contributed by atoms with Gasteiger partial charge < -0.3 is 9.80 Å². The minimum Gasteiger partial charge on any atom is -0.308 e. The molecule has 7 nitrogen and oxygen atoms in total. The summed E-state index contributed by atoms with van der Waals surface area (Å²) in [6.07, 6.45) is 7.68. The summed E-state index contributed by atoms with van der Waals surface area (Å²) in [5.74, 6) is 1.65. The van der Waals surface area contributed by atoms with Crippen LogP contribution in [0.3, 0.4) is 0 Å². The van der Waals surface area contributed by atoms with Gasteiger partial charge in [0.05, 0.1) is 28.2 Å². The Morgan fingerprint density at radius 3 is 2.42 bits per heavy atom. The number of benzene rings is 2. The lowest BCUT2D eigenvalue weighted by Crippen LogP contribution is -2.30. The first-order valence-electron chi connectivity index (χ1n) is 14.4. The van der Waals surface area contributed by atoms with Gasteiger partial charge in [-0.05, 0) is 99.8 Å². The molecular weight excluding hydrogens is 520 g/mol. The number of rotatable bonds is 7. The predicted molar refractivity (Wildman–Crippen MR) is 159 cm³/mol. The Kier molecular flexibility index (Phi) is 8.66. The van der Waals surface area contributed by atoms with Crippen LogP contribution in [0.5, 0.6) is 0 Å². The maximum absolute atomic E-state index is 13.3. The summed E-state index contributed by atoms with van der Waals surface area (Å²) >= 11 is 0. The Balaban J connectivity index is 1.22. The number of likely N-dealkylation sites (tertiary alicyclic amines) is 1. The lowest BCUT2D eigenvalue weighted by Gasteiger charge is -2.28. The van der Waals surface area contributed by atoms with E-state index < -0.39 is 9.84 Å². The smallest absolute Gasteiger partial charge is 0.258 e. The molecule has 2 aliphatic heterocycles. The van der Waals surface area contributed by atoms with Gasteiger partial charge in [-0.2, -0.15) is 0 Å². The van der Waals surface area contributed by atoms with Crippen LogP contribution in [0, 0.1) is 5.92 Å². The van der Waals surface area contributed by atoms with Gasteiger partial charge in [-0.15, -0.1) is 0 Å². The van der Waals surface area contributed by atoms with Crippen LogP contribution >= 0.6 is 0 Å². The van der Waals surface area contributed by atoms with Gasteiger partial charge in [0.1, 0.15) is 5.82 Å². The molecule has 1 unspecified atom stereocenters. The van der Waals surface area contributed by atoms with Gasteiger partial charge in [0.2, 0.25) is 0 Å². The molecule has 0 radical (unpaired) electrons. The van der Waals surface area contributed by atoms with Crippen molar-refractivity contribution in [1.29, 1.82) is 0 Å². The molecule has 40 heavy (non-hydrogen) atoms. The average molecular weight is 561 g/mol. The van der Waals surface area contributed by atoms with Crippen molar-refractivity contribution in [2.24, 2.45) is 5.92 Å². The molecule has 2 aliphatic rings. The second kappa shape index (κ2) is 12.2. The van der Waals surface area contributed by atoms with Crippen LogP contribution in [0.2, 0.25) is 0 Å². The summed E-state index contributed by atoms with van der Waals surface area (Å²) < 4.78 is 25.9. The van der Waals surface area contributed by atoms with E-state index in [2.05, 4.69) is 23.9 Å². The summed E-state index contributed by atoms with van der Waals surface area (Å²) in [6.45, 7) is 4.27. The van der Waals surface area contributed by atoms with Crippen LogP contribution in [-0.2, 0) is 29.1 Å². The van der Waals surface area contributed by atoms with E-state index in [1.807, 2.05) is 36.4 Å². The summed E-state index contributed by atoms with van der Waals surface area (Å²) in [5, 5.41) is 0. The first kappa shape index (κ1) is 28.4. The first-order chi connectivity index (χ1) is 19.2. The third kappa shape index (κ3) is 6.44. The number of hydrogen-bond donors (Lipinski definition) is 0. The number of hydrogen-bond acceptors (Lipinski definition) is 6. The van der Waals surface area contributed by atoms with E-state index in [4.69, 9.17) is 4.98 Å². The fourth-order valence-corrected chi connectivity index (χ4v) is 7.30. The van der Waals surface area contributed by atoms with Crippen molar-refractivity contribution in [3.05, 3.63) is 82.9 Å². The van der Waals surface area contributed by atoms with Crippen LogP contribution in [-0.4, -0.2) is 62.1 Å². The van der Waals surface area contributed by atoms with Crippen molar-refractivity contribution in [2.45, 2.75) is 62.7 Å². The Labute approximate surface area is 238 Å². The molecule has 1 aromatic heterocycles. The zero-order chi connectivity index (χ0) is 28.3. The average Bonchev–Trinajstić information content (AvgIpc) is 3.01. The monoisotopic (exact) mass is 560 g/mol. The van der Waals surface area contributed by atoms with E-state index in [1.54, 1.807) is 30.3 Å². The zero-order valence-electron chi connectivity index (χ0n) is 23.8. The van der Waals surface area contributed by atoms with Gasteiger partial charge in [0, 0.05) is 19.0 Å². The molecule has 3 heterocycles. The predicted octanol–water partition coefficient (Wildman–Crippen LogP) is 5.09. The van der Waals surface area contributed by atoms with Gasteiger partial charge in [0.15, 0.2) is 9.84 Å². The Morgan fingerprint density at radius 2 is 1.68 bits per heavy atom. The number of aryl methyl sites for hydroxylation is 3. The highest BCUT2D eigenvalue weighted by Crippen LogP contribution is 2.31. The second-order valence-corrected chi connectivity index (χ2v) is 13.6. The molecule has 0 N–H and O–H groups in total. The summed E-state index contributed by atoms with van der Waals surface area (Å²) in [7, 11) is 0.632. The molecule has 3 aromatic rings. The topological polar surface area (TPSA) is 83.5 Å². The van der Waals surface area contributed by atoms with Crippen molar-refractivity contribution in [3.63, 3.8) is 0 Å². The van der Waals surface area contributed by atoms with E-state index in [0.29, 0.717) is 23.7 Å². The van der Waals surface area contributed by atoms with Crippen molar-refractivity contribution in [3.8, 4) is 0 Å². The zero-order valence-corrected chi connectivity index (χ0v) is 24.7. The fraction of sp³-hybridized carbons (Fsp3) is 0.469. The standard InChI is InChI=1S/C32H40N4O3S/c1-23-8-14-29-30(36(3)32(37)28-7-5-4-6-27(23)28)22-33-31(34-29)15-11-24-9-12-26(13-10-24)40(38,39)21-18-25-16-19-35(2)20-17-25/h4-7,9-10,12-13,22-23,25H,8,11,14-21H2,1-3H3. The number of nitrogens with zero attached hydrogens (tertiary/aromatic N) is 4. The molecule has 212 valence electrons. The molecule has 2 aromatic carbocycles. The maximum atomic E-state index is 13.3. The number of aromatic nitrogens is 2. The number of fused-ring (bicyclic) bond motifs is 2. The molecule has 5 rings (SSSR count). The van der Waals surface area contributed by atoms with Crippen LogP contribution in [0.4, 0.5) is 5.69 Å². The van der Waals surface area contributed by atoms with Crippen LogP contribution < -0.4 is 4.90 Å². The van der Waals surface area contributed by atoms with E-state index in [0.717, 1.165) is 79.1 Å². The highest BCUT2D eigenvalue weighted by molar-refractivity contribution is 7.91. The molecule has 1 fully saturated rings. The van der Waals surface area contributed by atoms with Gasteiger partial charge >= 0.3 is 0 Å². The molecule has 1 atom stereocenters. The van der Waals surface area contributed by atoms with Crippen molar-refractivity contribution in [1.82, 2.24) is 14.9 Å². The van der Waals surface area contributed by atoms with E-state index in [9.17, 15) is 13.2 Å². The number of carbonyl (C=O) groups excluding carboxylic acids is 1. The number of anilines is 1. The largest absolute Gasteiger partial charge is 0.308 e. The number of amides is 1. The van der Waals surface area contributed by atoms with Gasteiger partial charge in [0.25, 0.3) is 5.91 Å². The van der Waals surface area contributed by atoms with Crippen LogP contribution in [0.15, 0.2) is 59.6 Å². The van der Waals surface area contributed by atoms with E-state index >= 15 is 0 Å². The normalized spacial score (nSPS) is 18.9. The van der Waals surface area contributed by atoms with Gasteiger partial charge in [-0.1, -0.05) is 37.3 Å². The van der Waals surface area contributed by atoms with E-state index in [1.165, 1.54) is 0 Å². The third-order valence-electron chi connectivity index (χ3n) is 8.65. The van der Waals surface area contributed by atoms with Crippen molar-refractivity contribution in [2.75, 3.05) is 37.8 Å². The Bertz CT molecular complexity index is 1450. The van der Waals surface area contributed by atoms with Crippen molar-refractivity contribution < 1.29 is 13.2 Å². The first-order valence-corrected chi connectivity index (χ1v) is 16.1. The molecule has 1 amide bonds. The minimum absolute atomic E-state index is 0.0386. The summed E-state index contributed by atoms with van der Waals surface area (Å²) in [5.41, 5.74) is 4.52. The molecule has 0 saturated carbocycles. The molecular formula is C32H40N4O3S. The fourth-order valence-electron chi connectivity index (χ4n) is 5.87. The van der Waals surface area contributed by atoms with Gasteiger partial charge in [-0.25, -0.2) is 18.4 Å². The molecule has 0 spiro atoms. The molecule has 0 bridgehead atoms. The van der Waals surface area contributed by atoms with Crippen LogP contribution in [0.25, 0.3) is 0 Å². The molecule has 1 saturated heterocycles. The maximum Gasteiger partial charge on any atom is 0.258 e. The minimum atomic E-state index is -3.28. The van der Waals surface area contributed by atoms with Crippen molar-refractivity contribution >= 4 is 21.4 Å². The second-order valence-electron chi connectivity index (χ2n) is 11.5. The third-order valence-corrected chi connectivity index (χ3v) is 10.4.